The summed E-state index contributed by atoms with van der Waals surface area (Å²) < 4.78 is 72.4. The second-order valence-electron chi connectivity index (χ2n) is 25.6. The normalized spacial score (nSPS) is 11.1. The van der Waals surface area contributed by atoms with Gasteiger partial charge < -0.3 is 57.2 Å². The molecule has 0 aromatic heterocycles. The van der Waals surface area contributed by atoms with Crippen LogP contribution in [0.25, 0.3) is 0 Å². The molecule has 0 amide bonds. The van der Waals surface area contributed by atoms with Crippen LogP contribution in [0, 0.1) is 0 Å². The molecule has 0 spiro atoms. The van der Waals surface area contributed by atoms with Crippen molar-refractivity contribution in [3.05, 3.63) is 133 Å². The standard InChI is InChI=1S/C20H28Br2ClNO3.C20H28BrCl2NO3.C20H28BrClFNO3.C20H28Cl2FNO3/c1-14(2)17-12-16(25-11-8-19(21)22)13-18(23)20(17)26-9-6-5-7-10-27-24-15(3)4;1-4-8-16-13-17(25-12-9-19(21)23)14-18(22)20(16)26-10-6-5-7-11-27-24-15(2)3;1-14(2)17-12-16(25-11-8-19(21)23)13-18(22)20(17)26-9-6-5-7-10-27-24-15(3)4;1-4-8-16-13-17(25-12-9-19(22)23)14-18(21)20(16)26-10-6-5-7-11-27-24-15(2)3/h8,12-14H,5-7,9-11H2,1-4H3;9,13-14H,4-8,10-12H2,1-3H3;8,12-14H,5-7,9-11H2,1-4H3;9,13-14H,4-8,10-12H2,1-3H3/b;19-9-;19-8-;19-9-. The van der Waals surface area contributed by atoms with Gasteiger partial charge in [0.25, 0.3) is 0 Å². The molecule has 4 aromatic rings. The lowest BCUT2D eigenvalue weighted by molar-refractivity contribution is 0.138. The molecule has 0 N–H and O–H groups in total. The molecule has 28 heteroatoms. The Labute approximate surface area is 706 Å². The summed E-state index contributed by atoms with van der Waals surface area (Å²) in [4.78, 5) is 20.7. The third kappa shape index (κ3) is 51.3. The van der Waals surface area contributed by atoms with Gasteiger partial charge in [0.05, 0.1) is 76.7 Å². The Morgan fingerprint density at radius 3 is 0.926 bits per heavy atom. The molecule has 0 fully saturated rings. The highest BCUT2D eigenvalue weighted by Gasteiger charge is 2.19. The molecule has 0 atom stereocenters. The number of aryl methyl sites for hydroxylation is 2. The van der Waals surface area contributed by atoms with Crippen molar-refractivity contribution in [2.24, 2.45) is 20.6 Å². The molecule has 0 saturated heterocycles. The van der Waals surface area contributed by atoms with Crippen molar-refractivity contribution in [2.75, 3.05) is 79.3 Å². The monoisotopic (exact) mass is 1880 g/mol. The quantitative estimate of drug-likeness (QED) is 0.0234. The predicted molar refractivity (Wildman–Crippen MR) is 462 cm³/mol. The lowest BCUT2D eigenvalue weighted by Crippen LogP contribution is -2.04. The van der Waals surface area contributed by atoms with E-state index in [1.807, 2.05) is 85.7 Å². The first kappa shape index (κ1) is 102. The van der Waals surface area contributed by atoms with Crippen molar-refractivity contribution in [1.82, 2.24) is 0 Å². The van der Waals surface area contributed by atoms with Crippen LogP contribution in [-0.4, -0.2) is 102 Å². The summed E-state index contributed by atoms with van der Waals surface area (Å²) in [5, 5.41) is 17.0. The van der Waals surface area contributed by atoms with E-state index in [1.165, 1.54) is 6.08 Å². The zero-order chi connectivity index (χ0) is 80.6. The summed E-state index contributed by atoms with van der Waals surface area (Å²) in [6.07, 6.45) is 21.1. The molecule has 4 rings (SSSR count). The van der Waals surface area contributed by atoms with E-state index in [2.05, 4.69) is 126 Å². The number of nitrogens with zero attached hydrogens (tertiary/aromatic N) is 4. The van der Waals surface area contributed by atoms with Crippen LogP contribution in [0.2, 0.25) is 20.1 Å². The van der Waals surface area contributed by atoms with E-state index in [-0.39, 0.29) is 25.0 Å². The molecule has 0 aliphatic rings. The van der Waals surface area contributed by atoms with Gasteiger partial charge in [-0.3, -0.25) is 0 Å². The van der Waals surface area contributed by atoms with Gasteiger partial charge in [-0.1, -0.05) is 145 Å². The second kappa shape index (κ2) is 63.1. The van der Waals surface area contributed by atoms with E-state index in [9.17, 15) is 8.78 Å². The molecule has 0 bridgehead atoms. The molecule has 608 valence electrons. The number of benzene rings is 4. The van der Waals surface area contributed by atoms with Crippen LogP contribution in [0.1, 0.15) is 221 Å². The molecule has 0 saturated carbocycles. The summed E-state index contributed by atoms with van der Waals surface area (Å²) in [5.41, 5.74) is 7.74. The fraction of sp³-hybridized carbons (Fsp3) is 0.550. The van der Waals surface area contributed by atoms with Crippen molar-refractivity contribution in [1.29, 1.82) is 0 Å². The smallest absolute Gasteiger partial charge is 0.188 e. The number of hydrogen-bond donors (Lipinski definition) is 0. The van der Waals surface area contributed by atoms with Crippen LogP contribution in [0.3, 0.4) is 0 Å². The maximum Gasteiger partial charge on any atom is 0.188 e. The van der Waals surface area contributed by atoms with Gasteiger partial charge in [-0.2, -0.15) is 8.78 Å². The topological polar surface area (TPSA) is 160 Å². The van der Waals surface area contributed by atoms with E-state index in [4.69, 9.17) is 127 Å². The lowest BCUT2D eigenvalue weighted by atomic mass is 10.0. The van der Waals surface area contributed by atoms with Gasteiger partial charge in [0, 0.05) is 41.5 Å². The first-order valence-corrected chi connectivity index (χ1v) is 41.8. The van der Waals surface area contributed by atoms with Crippen molar-refractivity contribution in [2.45, 2.75) is 212 Å². The third-order valence-corrected chi connectivity index (χ3v) is 16.7. The van der Waals surface area contributed by atoms with E-state index < -0.39 is 10.0 Å². The van der Waals surface area contributed by atoms with Crippen LogP contribution >= 0.6 is 133 Å². The van der Waals surface area contributed by atoms with Gasteiger partial charge in [0.1, 0.15) is 98.9 Å². The van der Waals surface area contributed by atoms with Gasteiger partial charge in [-0.15, -0.1) is 0 Å². The van der Waals surface area contributed by atoms with Crippen molar-refractivity contribution in [3.8, 4) is 46.0 Å². The SMILES string of the molecule is CC(C)=NOCCCCCOc1c(Cl)cc(OC/C=C(\F)Br)cc1C(C)C.CC(C)=NOCCCCCOc1c(Cl)cc(OCC=C(Br)Br)cc1C(C)C.CCCc1cc(OC/C=C(\Cl)Br)cc(Cl)c1OCCCCCON=C(C)C.CCCc1cc(OC/C=C(\F)Cl)cc(Cl)c1OCCCCCON=C(C)C. The highest BCUT2D eigenvalue weighted by atomic mass is 79.9. The highest BCUT2D eigenvalue weighted by Crippen LogP contribution is 2.41. The number of unbranched alkanes of at least 4 members (excludes halogenated alkanes) is 8. The number of rotatable bonds is 50. The number of hydrogen-bond acceptors (Lipinski definition) is 16. The zero-order valence-electron chi connectivity index (χ0n) is 65.1. The minimum Gasteiger partial charge on any atom is -0.492 e. The van der Waals surface area contributed by atoms with E-state index in [0.717, 1.165) is 175 Å². The zero-order valence-corrected chi connectivity index (χ0v) is 76.0. The summed E-state index contributed by atoms with van der Waals surface area (Å²) in [6, 6.07) is 14.7. The summed E-state index contributed by atoms with van der Waals surface area (Å²) in [6.45, 7) is 33.7. The molecule has 0 aliphatic carbocycles. The molecule has 0 radical (unpaired) electrons. The average Bonchev–Trinajstić information content (AvgIpc) is 0.852. The Morgan fingerprint density at radius 1 is 0.370 bits per heavy atom. The fourth-order valence-corrected chi connectivity index (χ4v) is 10.9. The van der Waals surface area contributed by atoms with Crippen molar-refractivity contribution in [3.63, 3.8) is 0 Å². The van der Waals surface area contributed by atoms with E-state index in [0.29, 0.717) is 119 Å². The van der Waals surface area contributed by atoms with Crippen LogP contribution < -0.4 is 37.9 Å². The Balaban J connectivity index is 0.000000720. The average molecular weight is 1890 g/mol. The maximum absolute atomic E-state index is 12.7. The number of oxime groups is 4. The number of ether oxygens (including phenoxy) is 8. The molecular weight excluding hydrogens is 1780 g/mol. The van der Waals surface area contributed by atoms with Gasteiger partial charge in [-0.25, -0.2) is 0 Å². The summed E-state index contributed by atoms with van der Waals surface area (Å²) >= 11 is 49.1. The maximum atomic E-state index is 12.7. The summed E-state index contributed by atoms with van der Waals surface area (Å²) in [5.74, 6) is 5.96. The van der Waals surface area contributed by atoms with Gasteiger partial charge in [-0.05, 0) is 274 Å². The Kier molecular flexibility index (Phi) is 59.4. The highest BCUT2D eigenvalue weighted by molar-refractivity contribution is 9.28. The minimum atomic E-state index is -0.795. The van der Waals surface area contributed by atoms with Gasteiger partial charge >= 0.3 is 0 Å². The third-order valence-electron chi connectivity index (χ3n) is 14.0. The molecule has 4 aromatic carbocycles. The van der Waals surface area contributed by atoms with Gasteiger partial charge in [0.2, 0.25) is 0 Å². The Morgan fingerprint density at radius 2 is 0.648 bits per heavy atom. The molecule has 16 nitrogen and oxygen atoms in total. The van der Waals surface area contributed by atoms with Crippen LogP contribution in [0.4, 0.5) is 8.78 Å². The van der Waals surface area contributed by atoms with Gasteiger partial charge in [0.15, 0.2) is 10.0 Å². The lowest BCUT2D eigenvalue weighted by Gasteiger charge is -2.17. The van der Waals surface area contributed by atoms with E-state index >= 15 is 0 Å². The molecule has 0 heterocycles. The summed E-state index contributed by atoms with van der Waals surface area (Å²) in [7, 11) is 0. The van der Waals surface area contributed by atoms with Crippen LogP contribution in [-0.2, 0) is 32.2 Å². The molecule has 0 aliphatic heterocycles. The molecule has 0 unspecified atom stereocenters. The van der Waals surface area contributed by atoms with Crippen LogP contribution in [0.15, 0.2) is 111 Å². The predicted octanol–water partition coefficient (Wildman–Crippen LogP) is 28.2. The van der Waals surface area contributed by atoms with Crippen LogP contribution in [0.5, 0.6) is 46.0 Å². The largest absolute Gasteiger partial charge is 0.492 e. The Hall–Kier alpha value is -4.36. The van der Waals surface area contributed by atoms with E-state index in [1.54, 1.807) is 30.3 Å². The fourth-order valence-electron chi connectivity index (χ4n) is 9.13. The van der Waals surface area contributed by atoms with Crippen molar-refractivity contribution < 1.29 is 66.0 Å². The number of halogens is 12. The minimum absolute atomic E-state index is 0.0428. The first-order chi connectivity index (χ1) is 51.5. The second-order valence-corrected chi connectivity index (χ2v) is 32.8. The Bertz CT molecular complexity index is 3210. The molecule has 108 heavy (non-hydrogen) atoms. The van der Waals surface area contributed by atoms with Crippen molar-refractivity contribution >= 4 is 156 Å². The first-order valence-electron chi connectivity index (χ1n) is 36.4. The molecular formula is C80H112Br4Cl6F2N4O12.